The summed E-state index contributed by atoms with van der Waals surface area (Å²) in [5.41, 5.74) is 0. The van der Waals surface area contributed by atoms with E-state index in [0.717, 1.165) is 24.5 Å². The molecule has 0 aliphatic carbocycles. The maximum atomic E-state index is 12.0. The van der Waals surface area contributed by atoms with Gasteiger partial charge in [0.15, 0.2) is 0 Å². The molecule has 0 aromatic rings. The fourth-order valence-electron chi connectivity index (χ4n) is 2.16. The van der Waals surface area contributed by atoms with Gasteiger partial charge in [0.1, 0.15) is 6.54 Å². The van der Waals surface area contributed by atoms with Gasteiger partial charge < -0.3 is 15.1 Å². The Balaban J connectivity index is 1.85. The van der Waals surface area contributed by atoms with Crippen molar-refractivity contribution in [3.05, 3.63) is 0 Å². The third kappa shape index (κ3) is 2.61. The molecule has 7 nitrogen and oxygen atoms in total. The molecule has 0 aromatic heterocycles. The van der Waals surface area contributed by atoms with Crippen LogP contribution < -0.4 is 5.32 Å². The van der Waals surface area contributed by atoms with Crippen LogP contribution in [0.1, 0.15) is 6.92 Å². The fraction of sp³-hybridized carbons (Fsp3) is 0.727. The van der Waals surface area contributed by atoms with E-state index in [1.54, 1.807) is 4.90 Å². The molecule has 0 atom stereocenters. The topological polar surface area (TPSA) is 73.0 Å². The van der Waals surface area contributed by atoms with Crippen LogP contribution in [0.4, 0.5) is 4.79 Å². The molecule has 0 radical (unpaired) electrons. The van der Waals surface area contributed by atoms with Gasteiger partial charge in [-0.1, -0.05) is 6.92 Å². The number of nitrogens with zero attached hydrogens (tertiary/aromatic N) is 3. The average Bonchev–Trinajstić information content (AvgIpc) is 2.70. The van der Waals surface area contributed by atoms with Crippen molar-refractivity contribution in [1.29, 1.82) is 0 Å². The van der Waals surface area contributed by atoms with Crippen LogP contribution in [0.25, 0.3) is 0 Å². The summed E-state index contributed by atoms with van der Waals surface area (Å²) in [6, 6.07) is -0.472. The van der Waals surface area contributed by atoms with Crippen LogP contribution in [-0.4, -0.2) is 78.4 Å². The molecule has 7 heteroatoms. The van der Waals surface area contributed by atoms with Crippen molar-refractivity contribution in [2.24, 2.45) is 0 Å². The summed E-state index contributed by atoms with van der Waals surface area (Å²) in [6.45, 7) is 5.95. The first-order valence-electron chi connectivity index (χ1n) is 6.20. The molecule has 2 saturated heterocycles. The van der Waals surface area contributed by atoms with Crippen LogP contribution in [0.5, 0.6) is 0 Å². The number of imide groups is 1. The van der Waals surface area contributed by atoms with E-state index >= 15 is 0 Å². The zero-order valence-corrected chi connectivity index (χ0v) is 10.5. The second-order valence-electron chi connectivity index (χ2n) is 4.45. The van der Waals surface area contributed by atoms with Gasteiger partial charge in [0.05, 0.1) is 6.54 Å². The molecule has 2 aliphatic rings. The molecular formula is C11H18N4O3. The maximum Gasteiger partial charge on any atom is 0.325 e. The van der Waals surface area contributed by atoms with Crippen LogP contribution in [0.3, 0.4) is 0 Å². The van der Waals surface area contributed by atoms with Crippen LogP contribution in [-0.2, 0) is 9.59 Å². The number of amides is 4. The van der Waals surface area contributed by atoms with Gasteiger partial charge in [-0.05, 0) is 6.54 Å². The molecule has 18 heavy (non-hydrogen) atoms. The van der Waals surface area contributed by atoms with Crippen molar-refractivity contribution < 1.29 is 14.4 Å². The number of rotatable bonds is 3. The van der Waals surface area contributed by atoms with E-state index in [9.17, 15) is 14.4 Å². The van der Waals surface area contributed by atoms with E-state index in [1.807, 2.05) is 0 Å². The van der Waals surface area contributed by atoms with Crippen molar-refractivity contribution >= 4 is 17.8 Å². The normalized spacial score (nSPS) is 21.4. The second kappa shape index (κ2) is 5.34. The molecule has 0 spiro atoms. The highest BCUT2D eigenvalue weighted by Gasteiger charge is 2.32. The Bertz CT molecular complexity index is 347. The number of carbonyl (C=O) groups excluding carboxylic acids is 3. The number of nitrogens with one attached hydrogen (secondary N) is 1. The summed E-state index contributed by atoms with van der Waals surface area (Å²) in [4.78, 5) is 39.6. The lowest BCUT2D eigenvalue weighted by Gasteiger charge is -2.34. The largest absolute Gasteiger partial charge is 0.339 e. The smallest absolute Gasteiger partial charge is 0.325 e. The van der Waals surface area contributed by atoms with Crippen molar-refractivity contribution in [3.8, 4) is 0 Å². The minimum atomic E-state index is -0.472. The van der Waals surface area contributed by atoms with Crippen LogP contribution in [0.15, 0.2) is 0 Å². The van der Waals surface area contributed by atoms with E-state index in [-0.39, 0.29) is 24.9 Å². The van der Waals surface area contributed by atoms with Gasteiger partial charge in [0.2, 0.25) is 5.91 Å². The Hall–Kier alpha value is -1.63. The highest BCUT2D eigenvalue weighted by atomic mass is 16.2. The molecule has 0 bridgehead atoms. The van der Waals surface area contributed by atoms with Crippen LogP contribution in [0, 0.1) is 0 Å². The summed E-state index contributed by atoms with van der Waals surface area (Å²) in [7, 11) is 0. The SMILES string of the molecule is CCN1CCN(C(=O)CN2C(=O)CNC2=O)CC1. The van der Waals surface area contributed by atoms with Crippen LogP contribution in [0.2, 0.25) is 0 Å². The van der Waals surface area contributed by atoms with E-state index < -0.39 is 6.03 Å². The Labute approximate surface area is 106 Å². The quantitative estimate of drug-likeness (QED) is 0.636. The summed E-state index contributed by atoms with van der Waals surface area (Å²) < 4.78 is 0. The van der Waals surface area contributed by atoms with Gasteiger partial charge in [0, 0.05) is 26.2 Å². The molecule has 0 saturated carbocycles. The van der Waals surface area contributed by atoms with E-state index in [4.69, 9.17) is 0 Å². The molecule has 2 fully saturated rings. The zero-order valence-electron chi connectivity index (χ0n) is 10.5. The standard InChI is InChI=1S/C11H18N4O3/c1-2-13-3-5-14(6-4-13)10(17)8-15-9(16)7-12-11(15)18/h2-8H2,1H3,(H,12,18). The minimum Gasteiger partial charge on any atom is -0.339 e. The van der Waals surface area contributed by atoms with Gasteiger partial charge in [-0.3, -0.25) is 14.5 Å². The summed E-state index contributed by atoms with van der Waals surface area (Å²) in [6.07, 6.45) is 0. The summed E-state index contributed by atoms with van der Waals surface area (Å²) in [5.74, 6) is -0.489. The lowest BCUT2D eigenvalue weighted by Crippen LogP contribution is -2.51. The Morgan fingerprint density at radius 3 is 2.39 bits per heavy atom. The number of hydrogen-bond donors (Lipinski definition) is 1. The van der Waals surface area contributed by atoms with Crippen molar-refractivity contribution in [3.63, 3.8) is 0 Å². The molecule has 0 aromatic carbocycles. The lowest BCUT2D eigenvalue weighted by atomic mass is 10.3. The number of likely N-dealkylation sites (N-methyl/N-ethyl adjacent to an activating group) is 1. The molecule has 2 aliphatic heterocycles. The van der Waals surface area contributed by atoms with E-state index in [0.29, 0.717) is 13.1 Å². The maximum absolute atomic E-state index is 12.0. The van der Waals surface area contributed by atoms with Gasteiger partial charge >= 0.3 is 6.03 Å². The van der Waals surface area contributed by atoms with Crippen LogP contribution >= 0.6 is 0 Å². The number of carbonyl (C=O) groups is 3. The third-order valence-corrected chi connectivity index (χ3v) is 3.40. The molecule has 2 rings (SSSR count). The number of urea groups is 1. The summed E-state index contributed by atoms with van der Waals surface area (Å²) >= 11 is 0. The first kappa shape index (κ1) is 12.8. The second-order valence-corrected chi connectivity index (χ2v) is 4.45. The van der Waals surface area contributed by atoms with Crippen molar-refractivity contribution in [2.75, 3.05) is 45.8 Å². The molecule has 2 heterocycles. The van der Waals surface area contributed by atoms with Crippen molar-refractivity contribution in [2.45, 2.75) is 6.92 Å². The predicted molar refractivity (Wildman–Crippen MR) is 63.8 cm³/mol. The molecule has 100 valence electrons. The molecular weight excluding hydrogens is 236 g/mol. The minimum absolute atomic E-state index is 0.00424. The highest BCUT2D eigenvalue weighted by molar-refractivity contribution is 6.04. The monoisotopic (exact) mass is 254 g/mol. The van der Waals surface area contributed by atoms with Gasteiger partial charge in [-0.25, -0.2) is 4.79 Å². The summed E-state index contributed by atoms with van der Waals surface area (Å²) in [5, 5.41) is 2.40. The molecule has 4 amide bonds. The first-order valence-corrected chi connectivity index (χ1v) is 6.20. The van der Waals surface area contributed by atoms with Gasteiger partial charge in [-0.2, -0.15) is 0 Å². The zero-order chi connectivity index (χ0) is 13.1. The third-order valence-electron chi connectivity index (χ3n) is 3.40. The average molecular weight is 254 g/mol. The highest BCUT2D eigenvalue weighted by Crippen LogP contribution is 2.05. The van der Waals surface area contributed by atoms with Gasteiger partial charge in [0.25, 0.3) is 5.91 Å². The van der Waals surface area contributed by atoms with E-state index in [2.05, 4.69) is 17.1 Å². The Kier molecular flexibility index (Phi) is 3.81. The molecule has 0 unspecified atom stereocenters. The number of hydrogen-bond acceptors (Lipinski definition) is 4. The first-order chi connectivity index (χ1) is 8.61. The van der Waals surface area contributed by atoms with Crippen molar-refractivity contribution in [1.82, 2.24) is 20.0 Å². The van der Waals surface area contributed by atoms with E-state index in [1.165, 1.54) is 0 Å². The number of piperazine rings is 1. The lowest BCUT2D eigenvalue weighted by molar-refractivity contribution is -0.137. The fourth-order valence-corrected chi connectivity index (χ4v) is 2.16. The Morgan fingerprint density at radius 1 is 1.22 bits per heavy atom. The predicted octanol–water partition coefficient (Wildman–Crippen LogP) is -1.30. The van der Waals surface area contributed by atoms with Gasteiger partial charge in [-0.15, -0.1) is 0 Å². The Morgan fingerprint density at radius 2 is 1.89 bits per heavy atom. The molecule has 1 N–H and O–H groups in total.